The standard InChI is InChI=1S/C14H15NOS/c1-9-6-4-5-7-12(9)13(16)8-14-15-10(2)11(3)17-14/h4-7H,8H2,1-3H3. The van der Waals surface area contributed by atoms with Crippen LogP contribution in [0, 0.1) is 20.8 Å². The number of hydrogen-bond donors (Lipinski definition) is 0. The second kappa shape index (κ2) is 4.80. The van der Waals surface area contributed by atoms with E-state index in [0.717, 1.165) is 21.8 Å². The van der Waals surface area contributed by atoms with E-state index in [1.165, 1.54) is 4.88 Å². The molecule has 0 spiro atoms. The number of hydrogen-bond acceptors (Lipinski definition) is 3. The Bertz CT molecular complexity index is 538. The summed E-state index contributed by atoms with van der Waals surface area (Å²) in [6, 6.07) is 7.69. The molecular weight excluding hydrogens is 230 g/mol. The smallest absolute Gasteiger partial charge is 0.169 e. The molecule has 88 valence electrons. The molecule has 0 N–H and O–H groups in total. The van der Waals surface area contributed by atoms with Crippen molar-refractivity contribution in [1.29, 1.82) is 0 Å². The molecule has 3 heteroatoms. The number of aromatic nitrogens is 1. The number of ketones is 1. The molecular formula is C14H15NOS. The van der Waals surface area contributed by atoms with Crippen molar-refractivity contribution in [3.8, 4) is 0 Å². The number of nitrogens with zero attached hydrogens (tertiary/aromatic N) is 1. The molecule has 0 saturated carbocycles. The van der Waals surface area contributed by atoms with Crippen LogP contribution in [0.1, 0.15) is 31.5 Å². The predicted octanol–water partition coefficient (Wildman–Crippen LogP) is 3.49. The summed E-state index contributed by atoms with van der Waals surface area (Å²) < 4.78 is 0. The monoisotopic (exact) mass is 245 g/mol. The first-order valence-corrected chi connectivity index (χ1v) is 6.41. The minimum absolute atomic E-state index is 0.150. The summed E-state index contributed by atoms with van der Waals surface area (Å²) >= 11 is 1.61. The van der Waals surface area contributed by atoms with Gasteiger partial charge in [-0.05, 0) is 26.3 Å². The average molecular weight is 245 g/mol. The maximum Gasteiger partial charge on any atom is 0.169 e. The molecule has 2 rings (SSSR count). The van der Waals surface area contributed by atoms with Crippen LogP contribution in [0.5, 0.6) is 0 Å². The third-order valence-corrected chi connectivity index (χ3v) is 3.90. The van der Waals surface area contributed by atoms with Crippen molar-refractivity contribution in [2.75, 3.05) is 0 Å². The van der Waals surface area contributed by atoms with Crippen LogP contribution >= 0.6 is 11.3 Å². The highest BCUT2D eigenvalue weighted by Crippen LogP contribution is 2.19. The molecule has 0 saturated heterocycles. The second-order valence-corrected chi connectivity index (χ2v) is 5.45. The molecule has 2 nitrogen and oxygen atoms in total. The van der Waals surface area contributed by atoms with Gasteiger partial charge in [-0.2, -0.15) is 0 Å². The average Bonchev–Trinajstić information content (AvgIpc) is 2.58. The maximum absolute atomic E-state index is 12.1. The summed E-state index contributed by atoms with van der Waals surface area (Å²) in [5, 5.41) is 0.910. The Morgan fingerprint density at radius 1 is 1.24 bits per heavy atom. The summed E-state index contributed by atoms with van der Waals surface area (Å²) in [6.45, 7) is 5.98. The van der Waals surface area contributed by atoms with Crippen molar-refractivity contribution in [2.45, 2.75) is 27.2 Å². The molecule has 0 aliphatic carbocycles. The Balaban J connectivity index is 2.20. The van der Waals surface area contributed by atoms with Crippen LogP contribution in [0.15, 0.2) is 24.3 Å². The molecule has 0 fully saturated rings. The van der Waals surface area contributed by atoms with Gasteiger partial charge in [0.2, 0.25) is 0 Å². The number of rotatable bonds is 3. The van der Waals surface area contributed by atoms with Gasteiger partial charge in [0, 0.05) is 10.4 Å². The fourth-order valence-corrected chi connectivity index (χ4v) is 2.67. The van der Waals surface area contributed by atoms with E-state index in [9.17, 15) is 4.79 Å². The van der Waals surface area contributed by atoms with Crippen molar-refractivity contribution < 1.29 is 4.79 Å². The first kappa shape index (κ1) is 12.0. The van der Waals surface area contributed by atoms with Gasteiger partial charge in [-0.3, -0.25) is 4.79 Å². The quantitative estimate of drug-likeness (QED) is 0.775. The van der Waals surface area contributed by atoms with Gasteiger partial charge in [-0.15, -0.1) is 11.3 Å². The summed E-state index contributed by atoms with van der Waals surface area (Å²) in [6.07, 6.45) is 0.407. The van der Waals surface area contributed by atoms with Crippen LogP contribution in [0.2, 0.25) is 0 Å². The molecule has 17 heavy (non-hydrogen) atoms. The van der Waals surface area contributed by atoms with Crippen molar-refractivity contribution >= 4 is 17.1 Å². The highest BCUT2D eigenvalue weighted by atomic mass is 32.1. The van der Waals surface area contributed by atoms with Gasteiger partial charge in [0.05, 0.1) is 12.1 Å². The fourth-order valence-electron chi connectivity index (χ4n) is 1.73. The molecule has 0 aliphatic rings. The number of aryl methyl sites for hydroxylation is 3. The van der Waals surface area contributed by atoms with E-state index >= 15 is 0 Å². The Morgan fingerprint density at radius 2 is 1.94 bits per heavy atom. The van der Waals surface area contributed by atoms with E-state index in [4.69, 9.17) is 0 Å². The van der Waals surface area contributed by atoms with E-state index < -0.39 is 0 Å². The highest BCUT2D eigenvalue weighted by molar-refractivity contribution is 7.11. The van der Waals surface area contributed by atoms with E-state index in [1.807, 2.05) is 45.0 Å². The Kier molecular flexibility index (Phi) is 3.38. The predicted molar refractivity (Wildman–Crippen MR) is 70.8 cm³/mol. The van der Waals surface area contributed by atoms with Crippen molar-refractivity contribution in [1.82, 2.24) is 4.98 Å². The second-order valence-electron chi connectivity index (χ2n) is 4.16. The molecule has 0 unspecified atom stereocenters. The van der Waals surface area contributed by atoms with Crippen LogP contribution in [0.25, 0.3) is 0 Å². The number of benzene rings is 1. The molecule has 1 aromatic heterocycles. The lowest BCUT2D eigenvalue weighted by Gasteiger charge is -2.02. The highest BCUT2D eigenvalue weighted by Gasteiger charge is 2.12. The third kappa shape index (κ3) is 2.61. The third-order valence-electron chi connectivity index (χ3n) is 2.83. The van der Waals surface area contributed by atoms with E-state index in [1.54, 1.807) is 11.3 Å². The van der Waals surface area contributed by atoms with E-state index in [2.05, 4.69) is 4.98 Å². The molecule has 0 atom stereocenters. The molecule has 0 amide bonds. The molecule has 1 heterocycles. The summed E-state index contributed by atoms with van der Waals surface area (Å²) in [5.74, 6) is 0.150. The first-order chi connectivity index (χ1) is 8.08. The maximum atomic E-state index is 12.1. The van der Waals surface area contributed by atoms with Gasteiger partial charge in [0.1, 0.15) is 5.01 Å². The molecule has 0 radical (unpaired) electrons. The number of carbonyl (C=O) groups excluding carboxylic acids is 1. The normalized spacial score (nSPS) is 10.5. The van der Waals surface area contributed by atoms with Crippen molar-refractivity contribution in [3.05, 3.63) is 51.0 Å². The summed E-state index contributed by atoms with van der Waals surface area (Å²) in [4.78, 5) is 17.7. The van der Waals surface area contributed by atoms with Crippen molar-refractivity contribution in [2.24, 2.45) is 0 Å². The van der Waals surface area contributed by atoms with Gasteiger partial charge in [0.15, 0.2) is 5.78 Å². The van der Waals surface area contributed by atoms with Gasteiger partial charge < -0.3 is 0 Å². The van der Waals surface area contributed by atoms with Crippen LogP contribution in [-0.2, 0) is 6.42 Å². The lowest BCUT2D eigenvalue weighted by atomic mass is 10.0. The Hall–Kier alpha value is -1.48. The lowest BCUT2D eigenvalue weighted by Crippen LogP contribution is -2.05. The number of Topliss-reactive ketones (excluding diaryl/α,β-unsaturated/α-hetero) is 1. The number of thiazole rings is 1. The van der Waals surface area contributed by atoms with Gasteiger partial charge in [-0.25, -0.2) is 4.98 Å². The van der Waals surface area contributed by atoms with Crippen LogP contribution in [0.3, 0.4) is 0 Å². The van der Waals surface area contributed by atoms with Crippen molar-refractivity contribution in [3.63, 3.8) is 0 Å². The summed E-state index contributed by atoms with van der Waals surface area (Å²) in [5.41, 5.74) is 2.86. The largest absolute Gasteiger partial charge is 0.294 e. The lowest BCUT2D eigenvalue weighted by molar-refractivity contribution is 0.0992. The molecule has 0 aliphatic heterocycles. The summed E-state index contributed by atoms with van der Waals surface area (Å²) in [7, 11) is 0. The first-order valence-electron chi connectivity index (χ1n) is 5.59. The van der Waals surface area contributed by atoms with Gasteiger partial charge >= 0.3 is 0 Å². The zero-order valence-electron chi connectivity index (χ0n) is 10.3. The van der Waals surface area contributed by atoms with Gasteiger partial charge in [0.25, 0.3) is 0 Å². The zero-order chi connectivity index (χ0) is 12.4. The van der Waals surface area contributed by atoms with Crippen LogP contribution in [0.4, 0.5) is 0 Å². The Morgan fingerprint density at radius 3 is 2.53 bits per heavy atom. The molecule has 2 aromatic rings. The zero-order valence-corrected chi connectivity index (χ0v) is 11.1. The topological polar surface area (TPSA) is 30.0 Å². The van der Waals surface area contributed by atoms with Gasteiger partial charge in [-0.1, -0.05) is 24.3 Å². The van der Waals surface area contributed by atoms with E-state index in [-0.39, 0.29) is 5.78 Å². The SMILES string of the molecule is Cc1ccccc1C(=O)Cc1nc(C)c(C)s1. The fraction of sp³-hybridized carbons (Fsp3) is 0.286. The molecule has 1 aromatic carbocycles. The molecule has 0 bridgehead atoms. The van der Waals surface area contributed by atoms with Crippen LogP contribution in [-0.4, -0.2) is 10.8 Å². The minimum atomic E-state index is 0.150. The minimum Gasteiger partial charge on any atom is -0.294 e. The number of carbonyl (C=O) groups is 1. The van der Waals surface area contributed by atoms with Crippen LogP contribution < -0.4 is 0 Å². The Labute approximate surface area is 105 Å². The van der Waals surface area contributed by atoms with E-state index in [0.29, 0.717) is 6.42 Å².